The molecule has 4 heteroatoms. The summed E-state index contributed by atoms with van der Waals surface area (Å²) in [7, 11) is 1.37. The maximum absolute atomic E-state index is 12.3. The van der Waals surface area contributed by atoms with Crippen LogP contribution in [0.4, 0.5) is 0 Å². The maximum Gasteiger partial charge on any atom is 0.310 e. The van der Waals surface area contributed by atoms with Crippen LogP contribution in [0.5, 0.6) is 0 Å². The maximum atomic E-state index is 12.3. The second-order valence-electron chi connectivity index (χ2n) is 5.39. The fourth-order valence-corrected chi connectivity index (χ4v) is 2.20. The minimum atomic E-state index is -0.301. The molecule has 21 heavy (non-hydrogen) atoms. The molecule has 1 aromatic carbocycles. The third kappa shape index (κ3) is 4.45. The fourth-order valence-electron chi connectivity index (χ4n) is 2.20. The quantitative estimate of drug-likeness (QED) is 0.596. The van der Waals surface area contributed by atoms with Crippen molar-refractivity contribution < 1.29 is 14.3 Å². The van der Waals surface area contributed by atoms with Crippen molar-refractivity contribution in [1.29, 1.82) is 0 Å². The Hall–Kier alpha value is -2.10. The van der Waals surface area contributed by atoms with Gasteiger partial charge in [0.15, 0.2) is 0 Å². The summed E-state index contributed by atoms with van der Waals surface area (Å²) in [6.07, 6.45) is 5.41. The molecular weight excluding hydrogens is 266 g/mol. The smallest absolute Gasteiger partial charge is 0.310 e. The van der Waals surface area contributed by atoms with E-state index in [1.54, 1.807) is 24.0 Å². The molecule has 112 valence electrons. The van der Waals surface area contributed by atoms with E-state index in [-0.39, 0.29) is 23.8 Å². The molecule has 4 nitrogen and oxygen atoms in total. The number of rotatable bonds is 6. The summed E-state index contributed by atoms with van der Waals surface area (Å²) in [5.41, 5.74) is 0.989. The molecule has 1 saturated carbocycles. The van der Waals surface area contributed by atoms with Gasteiger partial charge in [-0.15, -0.1) is 0 Å². The zero-order chi connectivity index (χ0) is 15.2. The van der Waals surface area contributed by atoms with Crippen LogP contribution in [0.25, 0.3) is 6.08 Å². The third-order valence-corrected chi connectivity index (χ3v) is 3.56. The first-order valence-electron chi connectivity index (χ1n) is 7.23. The molecule has 1 fully saturated rings. The lowest BCUT2D eigenvalue weighted by Gasteiger charge is -2.23. The van der Waals surface area contributed by atoms with Crippen molar-refractivity contribution in [2.24, 2.45) is 5.92 Å². The average molecular weight is 287 g/mol. The van der Waals surface area contributed by atoms with Crippen molar-refractivity contribution in [2.75, 3.05) is 13.7 Å². The van der Waals surface area contributed by atoms with Gasteiger partial charge in [-0.3, -0.25) is 9.59 Å². The molecule has 0 radical (unpaired) electrons. The highest BCUT2D eigenvalue weighted by molar-refractivity contribution is 5.92. The van der Waals surface area contributed by atoms with Crippen LogP contribution in [0.2, 0.25) is 0 Å². The summed E-state index contributed by atoms with van der Waals surface area (Å²) in [5, 5.41) is 0. The molecule has 0 N–H and O–H groups in total. The van der Waals surface area contributed by atoms with Gasteiger partial charge in [-0.05, 0) is 24.5 Å². The molecule has 0 saturated heterocycles. The van der Waals surface area contributed by atoms with Crippen molar-refractivity contribution in [1.82, 2.24) is 4.90 Å². The molecule has 0 aromatic heterocycles. The standard InChI is InChI=1S/C17H21NO3/c1-13(17(20)21-2)12-18(15-9-10-15)16(19)11-8-14-6-4-3-5-7-14/h3-8,11,13,15H,9-10,12H2,1-2H3/b11-8+. The van der Waals surface area contributed by atoms with Gasteiger partial charge in [-0.2, -0.15) is 0 Å². The van der Waals surface area contributed by atoms with Crippen LogP contribution in [0.1, 0.15) is 25.3 Å². The topological polar surface area (TPSA) is 46.6 Å². The molecule has 0 spiro atoms. The molecule has 0 bridgehead atoms. The number of carbonyl (C=O) groups excluding carboxylic acids is 2. The Balaban J connectivity index is 1.99. The summed E-state index contributed by atoms with van der Waals surface area (Å²) in [5.74, 6) is -0.623. The predicted molar refractivity (Wildman–Crippen MR) is 81.4 cm³/mol. The van der Waals surface area contributed by atoms with E-state index in [9.17, 15) is 9.59 Å². The van der Waals surface area contributed by atoms with Gasteiger partial charge in [0.1, 0.15) is 0 Å². The van der Waals surface area contributed by atoms with E-state index in [1.165, 1.54) is 7.11 Å². The van der Waals surface area contributed by atoms with Gasteiger partial charge in [0.25, 0.3) is 0 Å². The number of benzene rings is 1. The highest BCUT2D eigenvalue weighted by Gasteiger charge is 2.33. The van der Waals surface area contributed by atoms with E-state index < -0.39 is 0 Å². The first kappa shape index (κ1) is 15.3. The third-order valence-electron chi connectivity index (χ3n) is 3.56. The Morgan fingerprint density at radius 3 is 2.57 bits per heavy atom. The number of esters is 1. The molecule has 0 heterocycles. The van der Waals surface area contributed by atoms with E-state index >= 15 is 0 Å². The van der Waals surface area contributed by atoms with Crippen LogP contribution in [-0.2, 0) is 14.3 Å². The van der Waals surface area contributed by atoms with Crippen molar-refractivity contribution in [3.05, 3.63) is 42.0 Å². The highest BCUT2D eigenvalue weighted by Crippen LogP contribution is 2.28. The Labute approximate surface area is 125 Å². The van der Waals surface area contributed by atoms with Gasteiger partial charge in [0.05, 0.1) is 13.0 Å². The lowest BCUT2D eigenvalue weighted by molar-refractivity contribution is -0.146. The molecule has 1 amide bonds. The largest absolute Gasteiger partial charge is 0.469 e. The monoisotopic (exact) mass is 287 g/mol. The molecule has 2 rings (SSSR count). The Kier molecular flexibility index (Phi) is 5.14. The Morgan fingerprint density at radius 1 is 1.33 bits per heavy atom. The number of hydrogen-bond acceptors (Lipinski definition) is 3. The van der Waals surface area contributed by atoms with Crippen LogP contribution in [-0.4, -0.2) is 36.5 Å². The second-order valence-corrected chi connectivity index (χ2v) is 5.39. The van der Waals surface area contributed by atoms with E-state index in [4.69, 9.17) is 4.74 Å². The van der Waals surface area contributed by atoms with Crippen LogP contribution >= 0.6 is 0 Å². The number of hydrogen-bond donors (Lipinski definition) is 0. The van der Waals surface area contributed by atoms with E-state index in [0.717, 1.165) is 18.4 Å². The molecule has 1 aliphatic carbocycles. The molecule has 1 aromatic rings. The van der Waals surface area contributed by atoms with Crippen LogP contribution < -0.4 is 0 Å². The SMILES string of the molecule is COC(=O)C(C)CN(C(=O)/C=C/c1ccccc1)C1CC1. The van der Waals surface area contributed by atoms with Gasteiger partial charge < -0.3 is 9.64 Å². The van der Waals surface area contributed by atoms with Gasteiger partial charge in [0.2, 0.25) is 5.91 Å². The van der Waals surface area contributed by atoms with Crippen LogP contribution in [0.3, 0.4) is 0 Å². The minimum absolute atomic E-state index is 0.0443. The van der Waals surface area contributed by atoms with Gasteiger partial charge in [-0.1, -0.05) is 37.3 Å². The summed E-state index contributed by atoms with van der Waals surface area (Å²) < 4.78 is 4.73. The number of methoxy groups -OCH3 is 1. The average Bonchev–Trinajstić information content (AvgIpc) is 3.34. The lowest BCUT2D eigenvalue weighted by atomic mass is 10.1. The number of carbonyl (C=O) groups is 2. The normalized spacial score (nSPS) is 15.7. The summed E-state index contributed by atoms with van der Waals surface area (Å²) in [6.45, 7) is 2.20. The number of amides is 1. The van der Waals surface area contributed by atoms with E-state index in [1.807, 2.05) is 30.3 Å². The molecule has 1 atom stereocenters. The van der Waals surface area contributed by atoms with Gasteiger partial charge >= 0.3 is 5.97 Å². The van der Waals surface area contributed by atoms with Crippen molar-refractivity contribution in [2.45, 2.75) is 25.8 Å². The zero-order valence-electron chi connectivity index (χ0n) is 12.5. The van der Waals surface area contributed by atoms with E-state index in [2.05, 4.69) is 0 Å². The number of ether oxygens (including phenoxy) is 1. The minimum Gasteiger partial charge on any atom is -0.469 e. The van der Waals surface area contributed by atoms with Crippen molar-refractivity contribution in [3.63, 3.8) is 0 Å². The van der Waals surface area contributed by atoms with E-state index in [0.29, 0.717) is 6.54 Å². The van der Waals surface area contributed by atoms with Crippen LogP contribution in [0.15, 0.2) is 36.4 Å². The van der Waals surface area contributed by atoms with Crippen molar-refractivity contribution in [3.8, 4) is 0 Å². The van der Waals surface area contributed by atoms with Gasteiger partial charge in [0, 0.05) is 18.7 Å². The highest BCUT2D eigenvalue weighted by atomic mass is 16.5. The summed E-state index contributed by atoms with van der Waals surface area (Å²) in [4.78, 5) is 25.6. The molecule has 1 aliphatic rings. The molecule has 0 aliphatic heterocycles. The first-order chi connectivity index (χ1) is 10.1. The fraction of sp³-hybridized carbons (Fsp3) is 0.412. The first-order valence-corrected chi connectivity index (χ1v) is 7.23. The lowest BCUT2D eigenvalue weighted by Crippen LogP contribution is -2.37. The summed E-state index contributed by atoms with van der Waals surface area (Å²) in [6, 6.07) is 9.97. The predicted octanol–water partition coefficient (Wildman–Crippen LogP) is 2.50. The Bertz CT molecular complexity index is 520. The Morgan fingerprint density at radius 2 is 2.00 bits per heavy atom. The second kappa shape index (κ2) is 7.07. The molecule has 1 unspecified atom stereocenters. The zero-order valence-corrected chi connectivity index (χ0v) is 12.5. The number of nitrogens with zero attached hydrogens (tertiary/aromatic N) is 1. The van der Waals surface area contributed by atoms with Crippen molar-refractivity contribution >= 4 is 18.0 Å². The van der Waals surface area contributed by atoms with Gasteiger partial charge in [-0.25, -0.2) is 0 Å². The molecular formula is C17H21NO3. The summed E-state index contributed by atoms with van der Waals surface area (Å²) >= 11 is 0. The van der Waals surface area contributed by atoms with Crippen LogP contribution in [0, 0.1) is 5.92 Å².